The molecule has 0 radical (unpaired) electrons. The molecular formula is C15H26N4O3. The highest BCUT2D eigenvalue weighted by atomic mass is 16.6. The number of hydrogen-bond acceptors (Lipinski definition) is 6. The maximum Gasteiger partial charge on any atom is 0.372 e. The van der Waals surface area contributed by atoms with Gasteiger partial charge >= 0.3 is 5.69 Å². The first kappa shape index (κ1) is 18.1. The zero-order chi connectivity index (χ0) is 16.9. The predicted molar refractivity (Wildman–Crippen MR) is 86.3 cm³/mol. The van der Waals surface area contributed by atoms with Gasteiger partial charge in [-0.1, -0.05) is 27.7 Å². The van der Waals surface area contributed by atoms with Gasteiger partial charge in [-0.05, 0) is 25.7 Å². The van der Waals surface area contributed by atoms with Gasteiger partial charge in [0.05, 0.1) is 11.5 Å². The van der Waals surface area contributed by atoms with Crippen LogP contribution in [0.15, 0.2) is 0 Å². The third-order valence-electron chi connectivity index (χ3n) is 2.65. The molecule has 0 atom stereocenters. The number of nitrogens with one attached hydrogen (secondary N) is 1. The Morgan fingerprint density at radius 1 is 1.14 bits per heavy atom. The van der Waals surface area contributed by atoms with E-state index >= 15 is 0 Å². The number of ether oxygens (including phenoxy) is 1. The summed E-state index contributed by atoms with van der Waals surface area (Å²) in [6.07, 6.45) is 0.642. The Kier molecular flexibility index (Phi) is 6.52. The summed E-state index contributed by atoms with van der Waals surface area (Å²) in [5.41, 5.74) is -0.193. The van der Waals surface area contributed by atoms with Gasteiger partial charge in [-0.3, -0.25) is 10.1 Å². The molecule has 0 aliphatic carbocycles. The van der Waals surface area contributed by atoms with E-state index in [-0.39, 0.29) is 29.3 Å². The summed E-state index contributed by atoms with van der Waals surface area (Å²) < 4.78 is 5.57. The zero-order valence-electron chi connectivity index (χ0n) is 14.2. The Bertz CT molecular complexity index is 516. The van der Waals surface area contributed by atoms with Gasteiger partial charge in [0.1, 0.15) is 5.82 Å². The van der Waals surface area contributed by atoms with Crippen molar-refractivity contribution in [1.29, 1.82) is 0 Å². The quantitative estimate of drug-likeness (QED) is 0.584. The lowest BCUT2D eigenvalue weighted by Gasteiger charge is -2.15. The Morgan fingerprint density at radius 3 is 2.23 bits per heavy atom. The second-order valence-electron chi connectivity index (χ2n) is 6.50. The summed E-state index contributed by atoms with van der Waals surface area (Å²) in [4.78, 5) is 19.5. The van der Waals surface area contributed by atoms with E-state index in [4.69, 9.17) is 4.74 Å². The van der Waals surface area contributed by atoms with E-state index in [1.807, 2.05) is 27.7 Å². The monoisotopic (exact) mass is 310 g/mol. The van der Waals surface area contributed by atoms with Crippen LogP contribution in [0.4, 0.5) is 11.5 Å². The number of rotatable bonds is 8. The summed E-state index contributed by atoms with van der Waals surface area (Å²) >= 11 is 0. The van der Waals surface area contributed by atoms with Gasteiger partial charge in [0, 0.05) is 12.5 Å². The Balaban J connectivity index is 3.30. The van der Waals surface area contributed by atoms with E-state index in [0.717, 1.165) is 0 Å². The highest BCUT2D eigenvalue weighted by Gasteiger charge is 2.27. The highest BCUT2D eigenvalue weighted by Crippen LogP contribution is 2.33. The maximum atomic E-state index is 11.4. The first-order valence-corrected chi connectivity index (χ1v) is 7.65. The van der Waals surface area contributed by atoms with E-state index in [2.05, 4.69) is 29.1 Å². The summed E-state index contributed by atoms with van der Waals surface area (Å²) in [6.45, 7) is 12.2. The normalized spacial score (nSPS) is 11.3. The number of hydrogen-bond donors (Lipinski definition) is 1. The van der Waals surface area contributed by atoms with Crippen molar-refractivity contribution in [3.63, 3.8) is 0 Å². The zero-order valence-corrected chi connectivity index (χ0v) is 14.2. The summed E-state index contributed by atoms with van der Waals surface area (Å²) in [7, 11) is 0. The third-order valence-corrected chi connectivity index (χ3v) is 2.65. The lowest BCUT2D eigenvalue weighted by Crippen LogP contribution is -2.17. The molecule has 0 aliphatic heterocycles. The number of nitrogens with zero attached hydrogens (tertiary/aromatic N) is 3. The second kappa shape index (κ2) is 7.91. The minimum Gasteiger partial charge on any atom is -0.472 e. The number of anilines is 1. The van der Waals surface area contributed by atoms with E-state index in [1.54, 1.807) is 0 Å². The molecule has 124 valence electrons. The van der Waals surface area contributed by atoms with Gasteiger partial charge < -0.3 is 10.1 Å². The van der Waals surface area contributed by atoms with Crippen LogP contribution in [0.3, 0.4) is 0 Å². The molecule has 0 aromatic carbocycles. The molecule has 1 heterocycles. The molecule has 7 heteroatoms. The van der Waals surface area contributed by atoms with Crippen molar-refractivity contribution < 1.29 is 9.66 Å². The van der Waals surface area contributed by atoms with Crippen LogP contribution >= 0.6 is 0 Å². The van der Waals surface area contributed by atoms with Crippen molar-refractivity contribution in [3.05, 3.63) is 15.9 Å². The molecule has 1 aromatic rings. The van der Waals surface area contributed by atoms with Crippen LogP contribution in [0.25, 0.3) is 0 Å². The molecule has 0 spiro atoms. The fourth-order valence-corrected chi connectivity index (χ4v) is 1.82. The van der Waals surface area contributed by atoms with Gasteiger partial charge in [0.2, 0.25) is 5.82 Å². The van der Waals surface area contributed by atoms with Gasteiger partial charge in [-0.2, -0.15) is 4.98 Å². The van der Waals surface area contributed by atoms with Crippen LogP contribution in [0, 0.1) is 22.0 Å². The molecule has 0 amide bonds. The maximum absolute atomic E-state index is 11.4. The fraction of sp³-hybridized carbons (Fsp3) is 0.733. The van der Waals surface area contributed by atoms with Crippen LogP contribution in [0.2, 0.25) is 0 Å². The fourth-order valence-electron chi connectivity index (χ4n) is 1.82. The summed E-state index contributed by atoms with van der Waals surface area (Å²) in [5.74, 6) is 1.44. The van der Waals surface area contributed by atoms with Crippen LogP contribution in [0.5, 0.6) is 5.88 Å². The van der Waals surface area contributed by atoms with Crippen molar-refractivity contribution in [1.82, 2.24) is 9.97 Å². The standard InChI is InChI=1S/C15H26N4O3/c1-9(2)7-12-17-14(16-11(5)6)13(19(20)21)15(18-12)22-8-10(3)4/h9-11H,7-8H2,1-6H3,(H,16,17,18). The molecule has 1 rings (SSSR count). The first-order chi connectivity index (χ1) is 10.2. The average molecular weight is 310 g/mol. The second-order valence-corrected chi connectivity index (χ2v) is 6.50. The molecule has 0 aliphatic rings. The topological polar surface area (TPSA) is 90.2 Å². The number of nitro groups is 1. The minimum absolute atomic E-state index is 0.0263. The van der Waals surface area contributed by atoms with Crippen molar-refractivity contribution in [3.8, 4) is 5.88 Å². The molecule has 1 aromatic heterocycles. The lowest BCUT2D eigenvalue weighted by atomic mass is 10.1. The summed E-state index contributed by atoms with van der Waals surface area (Å²) in [5, 5.41) is 14.4. The summed E-state index contributed by atoms with van der Waals surface area (Å²) in [6, 6.07) is 0.0263. The van der Waals surface area contributed by atoms with Crippen LogP contribution in [-0.2, 0) is 6.42 Å². The first-order valence-electron chi connectivity index (χ1n) is 7.65. The lowest BCUT2D eigenvalue weighted by molar-refractivity contribution is -0.385. The third kappa shape index (κ3) is 5.46. The van der Waals surface area contributed by atoms with Crippen molar-refractivity contribution in [2.24, 2.45) is 11.8 Å². The van der Waals surface area contributed by atoms with Crippen molar-refractivity contribution in [2.75, 3.05) is 11.9 Å². The van der Waals surface area contributed by atoms with Gasteiger partial charge in [0.25, 0.3) is 5.88 Å². The Labute approximate surface area is 131 Å². The van der Waals surface area contributed by atoms with Gasteiger partial charge in [0.15, 0.2) is 0 Å². The molecule has 0 fully saturated rings. The highest BCUT2D eigenvalue weighted by molar-refractivity contribution is 5.62. The molecule has 7 nitrogen and oxygen atoms in total. The van der Waals surface area contributed by atoms with Gasteiger partial charge in [-0.25, -0.2) is 4.98 Å². The molecule has 0 bridgehead atoms. The minimum atomic E-state index is -0.487. The van der Waals surface area contributed by atoms with E-state index < -0.39 is 4.92 Å². The molecule has 0 unspecified atom stereocenters. The molecule has 0 saturated heterocycles. The average Bonchev–Trinajstić information content (AvgIpc) is 2.33. The molecule has 1 N–H and O–H groups in total. The Hall–Kier alpha value is -1.92. The van der Waals surface area contributed by atoms with Crippen molar-refractivity contribution >= 4 is 11.5 Å². The smallest absolute Gasteiger partial charge is 0.372 e. The molecule has 0 saturated carbocycles. The van der Waals surface area contributed by atoms with Crippen molar-refractivity contribution in [2.45, 2.75) is 54.0 Å². The SMILES string of the molecule is CC(C)COc1nc(CC(C)C)nc(NC(C)C)c1[N+](=O)[O-]. The largest absolute Gasteiger partial charge is 0.472 e. The van der Waals surface area contributed by atoms with Gasteiger partial charge in [-0.15, -0.1) is 0 Å². The van der Waals surface area contributed by atoms with E-state index in [9.17, 15) is 10.1 Å². The predicted octanol–water partition coefficient (Wildman–Crippen LogP) is 3.44. The van der Waals surface area contributed by atoms with Crippen LogP contribution in [-0.4, -0.2) is 27.5 Å². The number of aromatic nitrogens is 2. The van der Waals surface area contributed by atoms with Crippen LogP contribution in [0.1, 0.15) is 47.4 Å². The Morgan fingerprint density at radius 2 is 1.77 bits per heavy atom. The van der Waals surface area contributed by atoms with Crippen LogP contribution < -0.4 is 10.1 Å². The molecular weight excluding hydrogens is 284 g/mol. The van der Waals surface area contributed by atoms with E-state index in [0.29, 0.717) is 24.8 Å². The molecule has 22 heavy (non-hydrogen) atoms. The van der Waals surface area contributed by atoms with E-state index in [1.165, 1.54) is 0 Å².